The van der Waals surface area contributed by atoms with Crippen LogP contribution in [-0.2, 0) is 31.0 Å². The van der Waals surface area contributed by atoms with E-state index in [4.69, 9.17) is 18.9 Å². The molecule has 0 saturated heterocycles. The minimum atomic E-state index is -0.928. The summed E-state index contributed by atoms with van der Waals surface area (Å²) in [7, 11) is 0. The number of rotatable bonds is 26. The third-order valence-corrected chi connectivity index (χ3v) is 12.5. The summed E-state index contributed by atoms with van der Waals surface area (Å²) in [4.78, 5) is 13.3. The van der Waals surface area contributed by atoms with Crippen LogP contribution in [0, 0.1) is 0 Å². The maximum atomic E-state index is 13.3. The molecule has 0 saturated carbocycles. The summed E-state index contributed by atoms with van der Waals surface area (Å²) in [5.74, 6) is -0.388. The fourth-order valence-electron chi connectivity index (χ4n) is 9.22. The first-order valence-corrected chi connectivity index (χ1v) is 23.6. The molecule has 0 aliphatic heterocycles. The van der Waals surface area contributed by atoms with Gasteiger partial charge in [0.2, 0.25) is 0 Å². The minimum Gasteiger partial charge on any atom is -0.454 e. The van der Waals surface area contributed by atoms with Gasteiger partial charge in [-0.05, 0) is 98.8 Å². The lowest BCUT2D eigenvalue weighted by Crippen LogP contribution is -2.38. The molecule has 1 atom stereocenters. The Balaban J connectivity index is 0.726. The number of benzene rings is 8. The summed E-state index contributed by atoms with van der Waals surface area (Å²) < 4.78 is 25.4. The van der Waals surface area contributed by atoms with Crippen LogP contribution in [0.1, 0.15) is 96.8 Å². The summed E-state index contributed by atoms with van der Waals surface area (Å²) in [6.45, 7) is 2.69. The van der Waals surface area contributed by atoms with Gasteiger partial charge in [0.05, 0.1) is 18.8 Å². The summed E-state index contributed by atoms with van der Waals surface area (Å²) in [5.41, 5.74) is 4.00. The molecule has 0 spiro atoms. The van der Waals surface area contributed by atoms with Gasteiger partial charge >= 0.3 is 5.97 Å². The highest BCUT2D eigenvalue weighted by Crippen LogP contribution is 2.41. The zero-order valence-electron chi connectivity index (χ0n) is 37.2. The molecule has 0 aliphatic rings. The number of carbonyl (C=O) groups excluding carboxylic acids is 1. The predicted octanol–water partition coefficient (Wildman–Crippen LogP) is 14.3. The molecule has 8 rings (SSSR count). The van der Waals surface area contributed by atoms with Crippen molar-refractivity contribution < 1.29 is 23.7 Å². The molecule has 5 nitrogen and oxygen atoms in total. The normalized spacial score (nSPS) is 12.3. The molecule has 0 fully saturated rings. The summed E-state index contributed by atoms with van der Waals surface area (Å²) in [6.07, 6.45) is 12.1. The van der Waals surface area contributed by atoms with Gasteiger partial charge in [-0.2, -0.15) is 0 Å². The Morgan fingerprint density at radius 2 is 0.891 bits per heavy atom. The van der Waals surface area contributed by atoms with Crippen molar-refractivity contribution in [2.75, 3.05) is 33.0 Å². The number of unbranched alkanes of at least 4 members (excludes halogenated alkanes) is 8. The van der Waals surface area contributed by atoms with E-state index >= 15 is 0 Å². The Morgan fingerprint density at radius 3 is 1.47 bits per heavy atom. The number of ether oxygens (including phenoxy) is 4. The molecule has 0 heterocycles. The number of hydrogen-bond donors (Lipinski definition) is 0. The zero-order chi connectivity index (χ0) is 43.7. The third-order valence-electron chi connectivity index (χ3n) is 12.5. The maximum absolute atomic E-state index is 13.3. The standard InChI is InChI=1S/C59H62O5/c60-58(50-25-11-7-12-26-50)64-54(45-63-59(51-29-13-8-14-30-51,52-31-15-9-16-32-52)53-33-17-10-18-34-53)44-62-43-21-6-4-2-1-3-5-20-41-61-42-22-19-24-46-35-36-49-38-37-47-27-23-28-48-39-40-55(46)57(49)56(47)48/h7-18,23,25-40,54H,1-6,19-22,24,41-45H2. The van der Waals surface area contributed by atoms with Gasteiger partial charge in [-0.15, -0.1) is 0 Å². The first-order chi connectivity index (χ1) is 31.7. The van der Waals surface area contributed by atoms with Gasteiger partial charge in [-0.25, -0.2) is 4.79 Å². The smallest absolute Gasteiger partial charge is 0.338 e. The molecule has 64 heavy (non-hydrogen) atoms. The van der Waals surface area contributed by atoms with Crippen LogP contribution in [0.15, 0.2) is 176 Å². The van der Waals surface area contributed by atoms with Crippen molar-refractivity contribution in [2.24, 2.45) is 0 Å². The number of aryl methyl sites for hydroxylation is 1. The summed E-state index contributed by atoms with van der Waals surface area (Å²) in [6, 6.07) is 60.3. The minimum absolute atomic E-state index is 0.145. The molecule has 1 unspecified atom stereocenters. The number of hydrogen-bond acceptors (Lipinski definition) is 5. The number of esters is 1. The molecule has 5 heteroatoms. The lowest BCUT2D eigenvalue weighted by molar-refractivity contribution is -0.0737. The molecular weight excluding hydrogens is 789 g/mol. The van der Waals surface area contributed by atoms with Crippen LogP contribution in [0.4, 0.5) is 0 Å². The van der Waals surface area contributed by atoms with E-state index in [2.05, 4.69) is 91.0 Å². The van der Waals surface area contributed by atoms with E-state index in [1.54, 1.807) is 12.1 Å². The molecule has 8 aromatic carbocycles. The summed E-state index contributed by atoms with van der Waals surface area (Å²) >= 11 is 0. The molecule has 0 aliphatic carbocycles. The molecule has 328 valence electrons. The Kier molecular flexibility index (Phi) is 16.2. The largest absolute Gasteiger partial charge is 0.454 e. The quantitative estimate of drug-likeness (QED) is 0.0235. The Bertz CT molecular complexity index is 2480. The van der Waals surface area contributed by atoms with Gasteiger partial charge < -0.3 is 18.9 Å². The van der Waals surface area contributed by atoms with Crippen LogP contribution < -0.4 is 0 Å². The Morgan fingerprint density at radius 1 is 0.422 bits per heavy atom. The topological polar surface area (TPSA) is 54.0 Å². The lowest BCUT2D eigenvalue weighted by atomic mass is 9.80. The van der Waals surface area contributed by atoms with Crippen LogP contribution in [0.5, 0.6) is 0 Å². The average molecular weight is 851 g/mol. The number of carbonyl (C=O) groups is 1. The summed E-state index contributed by atoms with van der Waals surface area (Å²) in [5, 5.41) is 8.20. The van der Waals surface area contributed by atoms with Crippen molar-refractivity contribution in [3.63, 3.8) is 0 Å². The van der Waals surface area contributed by atoms with Gasteiger partial charge in [0.1, 0.15) is 11.7 Å². The van der Waals surface area contributed by atoms with Crippen molar-refractivity contribution in [2.45, 2.75) is 82.3 Å². The van der Waals surface area contributed by atoms with E-state index < -0.39 is 11.7 Å². The fourth-order valence-corrected chi connectivity index (χ4v) is 9.22. The van der Waals surface area contributed by atoms with Crippen LogP contribution >= 0.6 is 0 Å². The second-order valence-corrected chi connectivity index (χ2v) is 17.0. The third kappa shape index (κ3) is 11.3. The second-order valence-electron chi connectivity index (χ2n) is 17.0. The highest BCUT2D eigenvalue weighted by atomic mass is 16.6. The van der Waals surface area contributed by atoms with E-state index in [1.807, 2.05) is 72.8 Å². The van der Waals surface area contributed by atoms with Crippen LogP contribution in [-0.4, -0.2) is 45.1 Å². The molecule has 0 bridgehead atoms. The molecule has 0 amide bonds. The van der Waals surface area contributed by atoms with Gasteiger partial charge in [0.25, 0.3) is 0 Å². The molecule has 0 N–H and O–H groups in total. The van der Waals surface area contributed by atoms with Crippen LogP contribution in [0.2, 0.25) is 0 Å². The fraction of sp³-hybridized carbons (Fsp3) is 0.305. The lowest BCUT2D eigenvalue weighted by Gasteiger charge is -2.37. The average Bonchev–Trinajstić information content (AvgIpc) is 3.35. The zero-order valence-corrected chi connectivity index (χ0v) is 37.2. The van der Waals surface area contributed by atoms with Gasteiger partial charge in [0, 0.05) is 19.8 Å². The van der Waals surface area contributed by atoms with E-state index in [0.29, 0.717) is 12.2 Å². The first-order valence-electron chi connectivity index (χ1n) is 23.6. The van der Waals surface area contributed by atoms with Crippen molar-refractivity contribution >= 4 is 38.3 Å². The Labute approximate surface area is 379 Å². The van der Waals surface area contributed by atoms with Crippen molar-refractivity contribution in [1.82, 2.24) is 0 Å². The Hall–Kier alpha value is -5.85. The van der Waals surface area contributed by atoms with E-state index in [9.17, 15) is 4.79 Å². The molecule has 0 radical (unpaired) electrons. The van der Waals surface area contributed by atoms with Crippen LogP contribution in [0.3, 0.4) is 0 Å². The molecule has 0 aromatic heterocycles. The van der Waals surface area contributed by atoms with E-state index in [1.165, 1.54) is 70.0 Å². The van der Waals surface area contributed by atoms with Crippen molar-refractivity contribution in [3.05, 3.63) is 204 Å². The van der Waals surface area contributed by atoms with E-state index in [-0.39, 0.29) is 19.2 Å². The van der Waals surface area contributed by atoms with Crippen molar-refractivity contribution in [3.8, 4) is 0 Å². The van der Waals surface area contributed by atoms with Gasteiger partial charge in [-0.3, -0.25) is 0 Å². The van der Waals surface area contributed by atoms with Gasteiger partial charge in [-0.1, -0.05) is 202 Å². The second kappa shape index (κ2) is 23.2. The highest BCUT2D eigenvalue weighted by molar-refractivity contribution is 6.23. The van der Waals surface area contributed by atoms with Crippen LogP contribution in [0.25, 0.3) is 32.3 Å². The van der Waals surface area contributed by atoms with E-state index in [0.717, 1.165) is 68.4 Å². The predicted molar refractivity (Wildman–Crippen MR) is 262 cm³/mol. The molecule has 8 aromatic rings. The monoisotopic (exact) mass is 850 g/mol. The maximum Gasteiger partial charge on any atom is 0.338 e. The van der Waals surface area contributed by atoms with Crippen molar-refractivity contribution in [1.29, 1.82) is 0 Å². The first kappa shape index (κ1) is 44.7. The van der Waals surface area contributed by atoms with Gasteiger partial charge in [0.15, 0.2) is 0 Å². The molecular formula is C59H62O5. The highest BCUT2D eigenvalue weighted by Gasteiger charge is 2.38. The SMILES string of the molecule is O=C(OC(COCCCCCCCCCCOCCCCc1ccc2ccc3cccc4ccc1c2c34)COC(c1ccccc1)(c1ccccc1)c1ccccc1)c1ccccc1.